The second-order valence-electron chi connectivity index (χ2n) is 12.9. The van der Waals surface area contributed by atoms with E-state index in [0.717, 1.165) is 32.2 Å². The van der Waals surface area contributed by atoms with Gasteiger partial charge in [-0.05, 0) is 74.5 Å². The number of rotatable bonds is 8. The van der Waals surface area contributed by atoms with Gasteiger partial charge in [-0.1, -0.05) is 34.8 Å². The summed E-state index contributed by atoms with van der Waals surface area (Å²) in [5.74, 6) is -2.14. The molecule has 60 heavy (non-hydrogen) atoms. The van der Waals surface area contributed by atoms with Crippen LogP contribution in [0.2, 0.25) is 15.1 Å². The molecule has 0 aliphatic carbocycles. The van der Waals surface area contributed by atoms with Crippen molar-refractivity contribution in [3.63, 3.8) is 0 Å². The van der Waals surface area contributed by atoms with Crippen LogP contribution in [0.25, 0.3) is 51.9 Å². The van der Waals surface area contributed by atoms with E-state index in [1.807, 2.05) is 10.5 Å². The predicted molar refractivity (Wildman–Crippen MR) is 236 cm³/mol. The topological polar surface area (TPSA) is 121 Å². The molecule has 9 rings (SSSR count). The Bertz CT molecular complexity index is 3340. The number of thiazole rings is 2. The molecule has 0 N–H and O–H groups in total. The second-order valence-corrected chi connectivity index (χ2v) is 17.4. The number of fused-ring (bicyclic) bond motifs is 10. The lowest BCUT2D eigenvalue weighted by atomic mass is 10.1. The lowest BCUT2D eigenvalue weighted by molar-refractivity contribution is 0.0517. The first kappa shape index (κ1) is 41.6. The van der Waals surface area contributed by atoms with Crippen LogP contribution in [-0.4, -0.2) is 49.7 Å². The van der Waals surface area contributed by atoms with Crippen LogP contribution in [0.15, 0.2) is 93.7 Å². The Labute approximate surface area is 364 Å². The van der Waals surface area contributed by atoms with Crippen LogP contribution in [0.4, 0.5) is 8.78 Å². The summed E-state index contributed by atoms with van der Waals surface area (Å²) >= 11 is 22.0. The molecule has 5 aromatic heterocycles. The fraction of sp³-hybridized carbons (Fsp3) is 0.143. The van der Waals surface area contributed by atoms with E-state index in [9.17, 15) is 23.6 Å². The highest BCUT2D eigenvalue weighted by atomic mass is 35.5. The van der Waals surface area contributed by atoms with E-state index >= 15 is 4.39 Å². The van der Waals surface area contributed by atoms with Crippen molar-refractivity contribution >= 4 is 133 Å². The summed E-state index contributed by atoms with van der Waals surface area (Å²) in [4.78, 5) is 61.0. The molecular weight excluding hydrogens is 897 g/mol. The summed E-state index contributed by atoms with van der Waals surface area (Å²) in [5.41, 5.74) is 1.87. The molecule has 0 aliphatic heterocycles. The molecule has 9 aromatic rings. The van der Waals surface area contributed by atoms with E-state index in [4.69, 9.17) is 44.3 Å². The highest BCUT2D eigenvalue weighted by molar-refractivity contribution is 7.99. The van der Waals surface area contributed by atoms with Crippen molar-refractivity contribution in [1.82, 2.24) is 18.8 Å². The van der Waals surface area contributed by atoms with Gasteiger partial charge in [0.05, 0.1) is 66.2 Å². The minimum Gasteiger partial charge on any atom is -0.462 e. The van der Waals surface area contributed by atoms with Crippen molar-refractivity contribution in [2.24, 2.45) is 0 Å². The maximum absolute atomic E-state index is 15.1. The molecule has 0 saturated heterocycles. The van der Waals surface area contributed by atoms with Gasteiger partial charge in [-0.15, -0.1) is 34.4 Å². The Kier molecular flexibility index (Phi) is 11.8. The van der Waals surface area contributed by atoms with Crippen LogP contribution in [0.5, 0.6) is 0 Å². The lowest BCUT2D eigenvalue weighted by Gasteiger charge is -2.11. The van der Waals surface area contributed by atoms with Crippen LogP contribution >= 0.6 is 69.2 Å². The number of hydrogen-bond acceptors (Lipinski definition) is 11. The Morgan fingerprint density at radius 3 is 1.77 bits per heavy atom. The third kappa shape index (κ3) is 7.58. The fourth-order valence-corrected chi connectivity index (χ4v) is 10.7. The third-order valence-corrected chi connectivity index (χ3v) is 13.3. The number of aromatic nitrogens is 4. The summed E-state index contributed by atoms with van der Waals surface area (Å²) in [5, 5.41) is 1.13. The number of nitrogens with zero attached hydrogens (tertiary/aromatic N) is 4. The standard InChI is InChI=1S/C24H17ClFN3O3S2.C18H10Cl2FNO3S/c1-2-32-24(31)21-22(30)15-10-16(26)19(33-8-5-14-12-27-6-7-28-14)11-18(15)29-17-4-3-13(25)9-20(17)34-23(21)29;1-2-25-18(24)15-16(23)9-6-11(21)10(20)7-13(9)22-12-4-3-8(19)5-14(12)26-17(15)22/h3-4,6-7,9-12H,2,5,8H2,1H3;3-7H,2H2,1H3. The Morgan fingerprint density at radius 2 is 1.25 bits per heavy atom. The Hall–Kier alpha value is -5.16. The van der Waals surface area contributed by atoms with E-state index < -0.39 is 34.4 Å². The zero-order valence-electron chi connectivity index (χ0n) is 31.2. The summed E-state index contributed by atoms with van der Waals surface area (Å²) < 4.78 is 44.4. The maximum Gasteiger partial charge on any atom is 0.345 e. The minimum atomic E-state index is -0.745. The van der Waals surface area contributed by atoms with E-state index in [0.29, 0.717) is 47.8 Å². The molecular formula is C42H27Cl3F2N4O6S3. The molecule has 0 spiro atoms. The summed E-state index contributed by atoms with van der Waals surface area (Å²) in [6, 6.07) is 15.9. The highest BCUT2D eigenvalue weighted by Crippen LogP contribution is 2.37. The van der Waals surface area contributed by atoms with Gasteiger partial charge in [0.15, 0.2) is 0 Å². The van der Waals surface area contributed by atoms with Gasteiger partial charge in [0.25, 0.3) is 0 Å². The number of ether oxygens (including phenoxy) is 2. The molecule has 0 saturated carbocycles. The van der Waals surface area contributed by atoms with Gasteiger partial charge in [0.1, 0.15) is 32.4 Å². The number of carbonyl (C=O) groups is 2. The summed E-state index contributed by atoms with van der Waals surface area (Å²) in [6.07, 6.45) is 5.52. The van der Waals surface area contributed by atoms with Crippen molar-refractivity contribution in [1.29, 1.82) is 0 Å². The van der Waals surface area contributed by atoms with Crippen LogP contribution in [0.1, 0.15) is 40.3 Å². The first-order valence-electron chi connectivity index (χ1n) is 18.1. The smallest absolute Gasteiger partial charge is 0.345 e. The predicted octanol–water partition coefficient (Wildman–Crippen LogP) is 11.1. The molecule has 5 heterocycles. The van der Waals surface area contributed by atoms with Gasteiger partial charge >= 0.3 is 11.9 Å². The maximum atomic E-state index is 15.1. The molecule has 304 valence electrons. The fourth-order valence-electron chi connectivity index (χ4n) is 6.71. The average Bonchev–Trinajstić information content (AvgIpc) is 3.78. The van der Waals surface area contributed by atoms with Crippen molar-refractivity contribution in [2.45, 2.75) is 25.2 Å². The molecule has 0 amide bonds. The van der Waals surface area contributed by atoms with Gasteiger partial charge in [-0.25, -0.2) is 18.4 Å². The van der Waals surface area contributed by atoms with E-state index in [1.54, 1.807) is 73.2 Å². The van der Waals surface area contributed by atoms with Gasteiger partial charge in [0.2, 0.25) is 10.9 Å². The molecule has 4 aromatic carbocycles. The molecule has 0 atom stereocenters. The highest BCUT2D eigenvalue weighted by Gasteiger charge is 2.26. The minimum absolute atomic E-state index is 0.0575. The van der Waals surface area contributed by atoms with Crippen molar-refractivity contribution in [2.75, 3.05) is 19.0 Å². The van der Waals surface area contributed by atoms with E-state index in [1.165, 1.54) is 46.6 Å². The number of esters is 2. The third-order valence-electron chi connectivity index (χ3n) is 9.28. The number of thioether (sulfide) groups is 1. The van der Waals surface area contributed by atoms with Gasteiger partial charge in [-0.2, -0.15) is 0 Å². The van der Waals surface area contributed by atoms with Crippen LogP contribution in [-0.2, 0) is 15.9 Å². The number of halogens is 5. The molecule has 18 heteroatoms. The summed E-state index contributed by atoms with van der Waals surface area (Å²) in [7, 11) is 0. The van der Waals surface area contributed by atoms with Crippen LogP contribution in [0.3, 0.4) is 0 Å². The molecule has 0 radical (unpaired) electrons. The van der Waals surface area contributed by atoms with Gasteiger partial charge < -0.3 is 9.47 Å². The second kappa shape index (κ2) is 17.1. The van der Waals surface area contributed by atoms with Crippen molar-refractivity contribution in [3.05, 3.63) is 143 Å². The first-order chi connectivity index (χ1) is 28.9. The normalized spacial score (nSPS) is 11.5. The largest absolute Gasteiger partial charge is 0.462 e. The van der Waals surface area contributed by atoms with Crippen molar-refractivity contribution < 1.29 is 27.8 Å². The average molecular weight is 924 g/mol. The molecule has 0 fully saturated rings. The molecule has 0 aliphatic rings. The first-order valence-corrected chi connectivity index (χ1v) is 21.8. The number of aryl methyl sites for hydroxylation is 1. The van der Waals surface area contributed by atoms with Crippen molar-refractivity contribution in [3.8, 4) is 0 Å². The van der Waals surface area contributed by atoms with E-state index in [-0.39, 0.29) is 40.1 Å². The molecule has 0 bridgehead atoms. The van der Waals surface area contributed by atoms with Crippen LogP contribution < -0.4 is 10.9 Å². The number of hydrogen-bond donors (Lipinski definition) is 0. The lowest BCUT2D eigenvalue weighted by Crippen LogP contribution is -2.20. The van der Waals surface area contributed by atoms with Crippen LogP contribution in [0, 0.1) is 11.6 Å². The zero-order valence-corrected chi connectivity index (χ0v) is 35.9. The SMILES string of the molecule is CCOC(=O)c1c(=O)c2cc(F)c(Cl)cc2n2c1sc1cc(Cl)ccc12.CCOC(=O)c1c(=O)c2cc(F)c(SCCc3cnccn3)cc2n2c1sc1cc(Cl)ccc12. The number of pyridine rings is 2. The number of benzene rings is 4. The van der Waals surface area contributed by atoms with E-state index in [2.05, 4.69) is 9.97 Å². The molecule has 10 nitrogen and oxygen atoms in total. The monoisotopic (exact) mass is 922 g/mol. The molecule has 0 unspecified atom stereocenters. The Morgan fingerprint density at radius 1 is 0.717 bits per heavy atom. The number of carbonyl (C=O) groups excluding carboxylic acids is 2. The van der Waals surface area contributed by atoms with Gasteiger partial charge in [0, 0.05) is 45.7 Å². The summed E-state index contributed by atoms with van der Waals surface area (Å²) in [6.45, 7) is 3.56. The van der Waals surface area contributed by atoms with Gasteiger partial charge in [-0.3, -0.25) is 28.4 Å². The quantitative estimate of drug-likeness (QED) is 0.108. The zero-order chi connectivity index (χ0) is 42.4. The Balaban J connectivity index is 0.000000172.